The Kier molecular flexibility index (Phi) is 6.03. The van der Waals surface area contributed by atoms with Crippen molar-refractivity contribution in [3.05, 3.63) is 75.3 Å². The fourth-order valence-corrected chi connectivity index (χ4v) is 4.24. The monoisotopic (exact) mass is 403 g/mol. The van der Waals surface area contributed by atoms with Crippen LogP contribution in [0.2, 0.25) is 0 Å². The van der Waals surface area contributed by atoms with Gasteiger partial charge in [0.15, 0.2) is 11.3 Å². The predicted molar refractivity (Wildman–Crippen MR) is 122 cm³/mol. The third-order valence-corrected chi connectivity index (χ3v) is 6.37. The molecule has 1 aliphatic rings. The van der Waals surface area contributed by atoms with E-state index in [1.54, 1.807) is 6.07 Å². The van der Waals surface area contributed by atoms with E-state index in [4.69, 9.17) is 4.42 Å². The van der Waals surface area contributed by atoms with Crippen LogP contribution in [0, 0.1) is 0 Å². The number of aromatic nitrogens is 1. The molecular formula is C26H29NO3. The Morgan fingerprint density at radius 1 is 1.17 bits per heavy atom. The van der Waals surface area contributed by atoms with Gasteiger partial charge in [-0.15, -0.1) is 0 Å². The molecule has 30 heavy (non-hydrogen) atoms. The van der Waals surface area contributed by atoms with E-state index < -0.39 is 5.63 Å². The lowest BCUT2D eigenvalue weighted by molar-refractivity contribution is 0.443. The molecule has 0 amide bonds. The number of fused-ring (bicyclic) bond motifs is 1. The molecule has 4 nitrogen and oxygen atoms in total. The molecule has 3 aromatic rings. The zero-order valence-corrected chi connectivity index (χ0v) is 17.7. The fourth-order valence-electron chi connectivity index (χ4n) is 4.24. The van der Waals surface area contributed by atoms with Crippen LogP contribution >= 0.6 is 0 Å². The Labute approximate surface area is 177 Å². The van der Waals surface area contributed by atoms with Gasteiger partial charge in [0.2, 0.25) is 0 Å². The summed E-state index contributed by atoms with van der Waals surface area (Å²) >= 11 is 0. The van der Waals surface area contributed by atoms with Crippen LogP contribution in [0.25, 0.3) is 22.9 Å². The molecule has 1 aromatic heterocycles. The zero-order chi connectivity index (χ0) is 21.1. The second kappa shape index (κ2) is 8.86. The summed E-state index contributed by atoms with van der Waals surface area (Å²) in [6, 6.07) is 13.7. The minimum Gasteiger partial charge on any atom is -0.507 e. The smallest absolute Gasteiger partial charge is 0.362 e. The molecule has 0 bridgehead atoms. The molecule has 1 fully saturated rings. The minimum atomic E-state index is -0.552. The van der Waals surface area contributed by atoms with Crippen molar-refractivity contribution in [3.8, 4) is 0 Å². The summed E-state index contributed by atoms with van der Waals surface area (Å²) in [7, 11) is 0. The quantitative estimate of drug-likeness (QED) is 0.476. The molecule has 0 radical (unpaired) electrons. The maximum Gasteiger partial charge on any atom is 0.362 e. The first-order valence-corrected chi connectivity index (χ1v) is 11.0. The number of hydrogen-bond donors (Lipinski definition) is 1. The van der Waals surface area contributed by atoms with E-state index in [-0.39, 0.29) is 11.5 Å². The van der Waals surface area contributed by atoms with Crippen LogP contribution in [-0.2, 0) is 0 Å². The van der Waals surface area contributed by atoms with E-state index in [9.17, 15) is 9.90 Å². The molecule has 1 atom stereocenters. The number of aliphatic hydroxyl groups excluding tert-OH is 1. The summed E-state index contributed by atoms with van der Waals surface area (Å²) in [5.74, 6) is 1.04. The minimum absolute atomic E-state index is 0.0161. The van der Waals surface area contributed by atoms with Crippen molar-refractivity contribution in [2.75, 3.05) is 0 Å². The number of benzene rings is 2. The highest BCUT2D eigenvalue weighted by Crippen LogP contribution is 2.33. The summed E-state index contributed by atoms with van der Waals surface area (Å²) in [6.07, 6.45) is 8.81. The highest BCUT2D eigenvalue weighted by atomic mass is 16.4. The van der Waals surface area contributed by atoms with Gasteiger partial charge >= 0.3 is 5.63 Å². The van der Waals surface area contributed by atoms with E-state index in [1.165, 1.54) is 43.7 Å². The SMILES string of the molecule is CC[C@@H](C)c1ccc2oc(=O)c(C=C(O)c3ccc(C4CCCCC4)cc3)nc2c1. The first-order valence-electron chi connectivity index (χ1n) is 11.0. The molecule has 0 spiro atoms. The van der Waals surface area contributed by atoms with Gasteiger partial charge in [-0.3, -0.25) is 0 Å². The Balaban J connectivity index is 1.62. The van der Waals surface area contributed by atoms with Gasteiger partial charge in [0, 0.05) is 11.6 Å². The van der Waals surface area contributed by atoms with Crippen LogP contribution in [0.3, 0.4) is 0 Å². The molecule has 1 N–H and O–H groups in total. The Hall–Kier alpha value is -2.88. The van der Waals surface area contributed by atoms with Gasteiger partial charge in [0.1, 0.15) is 11.3 Å². The third kappa shape index (κ3) is 4.33. The summed E-state index contributed by atoms with van der Waals surface area (Å²) in [5, 5.41) is 10.6. The molecule has 0 aliphatic heterocycles. The van der Waals surface area contributed by atoms with Crippen molar-refractivity contribution in [2.45, 2.75) is 64.2 Å². The summed E-state index contributed by atoms with van der Waals surface area (Å²) < 4.78 is 5.42. The summed E-state index contributed by atoms with van der Waals surface area (Å²) in [4.78, 5) is 16.8. The largest absolute Gasteiger partial charge is 0.507 e. The number of aliphatic hydroxyl groups is 1. The van der Waals surface area contributed by atoms with Crippen LogP contribution < -0.4 is 5.63 Å². The molecule has 156 valence electrons. The van der Waals surface area contributed by atoms with Gasteiger partial charge in [0.25, 0.3) is 0 Å². The molecule has 1 heterocycles. The lowest BCUT2D eigenvalue weighted by atomic mass is 9.84. The van der Waals surface area contributed by atoms with Gasteiger partial charge in [-0.1, -0.05) is 63.4 Å². The number of nitrogens with zero attached hydrogens (tertiary/aromatic N) is 1. The standard InChI is InChI=1S/C26H29NO3/c1-3-17(2)21-13-14-25-22(15-21)27-23(26(29)30-25)16-24(28)20-11-9-19(10-12-20)18-7-5-4-6-8-18/h9-18,28H,3-8H2,1-2H3/t17-/m1/s1. The van der Waals surface area contributed by atoms with E-state index in [0.29, 0.717) is 28.5 Å². The van der Waals surface area contributed by atoms with E-state index >= 15 is 0 Å². The maximum absolute atomic E-state index is 12.4. The average molecular weight is 404 g/mol. The first-order chi connectivity index (χ1) is 14.5. The van der Waals surface area contributed by atoms with Crippen LogP contribution in [-0.4, -0.2) is 10.1 Å². The van der Waals surface area contributed by atoms with Gasteiger partial charge in [0.05, 0.1) is 0 Å². The third-order valence-electron chi connectivity index (χ3n) is 6.37. The molecule has 2 aromatic carbocycles. The van der Waals surface area contributed by atoms with Crippen molar-refractivity contribution >= 4 is 22.9 Å². The van der Waals surface area contributed by atoms with Crippen molar-refractivity contribution in [1.29, 1.82) is 0 Å². The Morgan fingerprint density at radius 2 is 1.90 bits per heavy atom. The normalized spacial score (nSPS) is 16.7. The van der Waals surface area contributed by atoms with Gasteiger partial charge < -0.3 is 9.52 Å². The first kappa shape index (κ1) is 20.4. The van der Waals surface area contributed by atoms with Crippen LogP contribution in [0.15, 0.2) is 51.7 Å². The highest BCUT2D eigenvalue weighted by molar-refractivity contribution is 5.78. The van der Waals surface area contributed by atoms with Crippen molar-refractivity contribution in [1.82, 2.24) is 4.98 Å². The highest BCUT2D eigenvalue weighted by Gasteiger charge is 2.16. The summed E-state index contributed by atoms with van der Waals surface area (Å²) in [6.45, 7) is 4.29. The topological polar surface area (TPSA) is 63.3 Å². The zero-order valence-electron chi connectivity index (χ0n) is 17.7. The lowest BCUT2D eigenvalue weighted by Gasteiger charge is -2.22. The molecule has 4 rings (SSSR count). The second-order valence-electron chi connectivity index (χ2n) is 8.41. The number of rotatable bonds is 5. The van der Waals surface area contributed by atoms with Gasteiger partial charge in [-0.2, -0.15) is 0 Å². The van der Waals surface area contributed by atoms with Crippen molar-refractivity contribution < 1.29 is 9.52 Å². The van der Waals surface area contributed by atoms with E-state index in [2.05, 4.69) is 31.0 Å². The second-order valence-corrected chi connectivity index (χ2v) is 8.41. The van der Waals surface area contributed by atoms with Crippen molar-refractivity contribution in [3.63, 3.8) is 0 Å². The lowest BCUT2D eigenvalue weighted by Crippen LogP contribution is -2.07. The van der Waals surface area contributed by atoms with Crippen LogP contribution in [0.1, 0.15) is 86.6 Å². The van der Waals surface area contributed by atoms with Gasteiger partial charge in [-0.25, -0.2) is 9.78 Å². The molecule has 1 saturated carbocycles. The maximum atomic E-state index is 12.4. The number of hydrogen-bond acceptors (Lipinski definition) is 4. The Bertz CT molecular complexity index is 1110. The molecular weight excluding hydrogens is 374 g/mol. The van der Waals surface area contributed by atoms with E-state index in [1.807, 2.05) is 24.3 Å². The van der Waals surface area contributed by atoms with Crippen molar-refractivity contribution in [2.24, 2.45) is 0 Å². The average Bonchev–Trinajstić information content (AvgIpc) is 2.79. The fraction of sp³-hybridized carbons (Fsp3) is 0.385. The van der Waals surface area contributed by atoms with E-state index in [0.717, 1.165) is 12.0 Å². The molecule has 0 saturated heterocycles. The molecule has 4 heteroatoms. The van der Waals surface area contributed by atoms with Gasteiger partial charge in [-0.05, 0) is 54.4 Å². The Morgan fingerprint density at radius 3 is 2.60 bits per heavy atom. The predicted octanol–water partition coefficient (Wildman–Crippen LogP) is 6.81. The summed E-state index contributed by atoms with van der Waals surface area (Å²) in [5.41, 5.74) is 3.79. The molecule has 1 aliphatic carbocycles. The van der Waals surface area contributed by atoms with Crippen LogP contribution in [0.5, 0.6) is 0 Å². The van der Waals surface area contributed by atoms with Crippen LogP contribution in [0.4, 0.5) is 0 Å². The molecule has 0 unspecified atom stereocenters.